The lowest BCUT2D eigenvalue weighted by Gasteiger charge is -2.34. The Morgan fingerprint density at radius 1 is 1.13 bits per heavy atom. The molecule has 0 saturated carbocycles. The van der Waals surface area contributed by atoms with Crippen LogP contribution in [0.1, 0.15) is 35.2 Å². The van der Waals surface area contributed by atoms with Gasteiger partial charge in [-0.2, -0.15) is 18.2 Å². The average Bonchev–Trinajstić information content (AvgIpc) is 2.65. The largest absolute Gasteiger partial charge is 0.416 e. The number of hydrogen-bond donors (Lipinski definition) is 3. The van der Waals surface area contributed by atoms with Crippen LogP contribution in [0.5, 0.6) is 0 Å². The van der Waals surface area contributed by atoms with Crippen LogP contribution in [0.15, 0.2) is 24.4 Å². The van der Waals surface area contributed by atoms with Gasteiger partial charge in [0.05, 0.1) is 5.56 Å². The molecule has 166 valence electrons. The fourth-order valence-corrected chi connectivity index (χ4v) is 3.73. The molecule has 1 aromatic heterocycles. The molecule has 0 spiro atoms. The molecule has 4 rings (SSSR count). The van der Waals surface area contributed by atoms with Crippen LogP contribution in [-0.4, -0.2) is 48.1 Å². The van der Waals surface area contributed by atoms with E-state index in [1.165, 1.54) is 6.20 Å². The first-order chi connectivity index (χ1) is 14.7. The van der Waals surface area contributed by atoms with E-state index in [1.54, 1.807) is 6.07 Å². The number of piperidine rings is 1. The van der Waals surface area contributed by atoms with E-state index in [1.807, 2.05) is 9.80 Å². The molecule has 1 atom stereocenters. The van der Waals surface area contributed by atoms with E-state index in [-0.39, 0.29) is 23.1 Å². The summed E-state index contributed by atoms with van der Waals surface area (Å²) in [7, 11) is 0. The van der Waals surface area contributed by atoms with Gasteiger partial charge in [-0.1, -0.05) is 0 Å². The second-order valence-electron chi connectivity index (χ2n) is 7.88. The third-order valence-corrected chi connectivity index (χ3v) is 5.51. The molecule has 5 N–H and O–H groups in total. The van der Waals surface area contributed by atoms with E-state index in [9.17, 15) is 18.0 Å². The summed E-state index contributed by atoms with van der Waals surface area (Å²) in [6.45, 7) is 2.64. The number of primary amides is 1. The van der Waals surface area contributed by atoms with Gasteiger partial charge in [-0.25, -0.2) is 4.98 Å². The highest BCUT2D eigenvalue weighted by atomic mass is 19.4. The highest BCUT2D eigenvalue weighted by Crippen LogP contribution is 2.36. The van der Waals surface area contributed by atoms with E-state index in [0.717, 1.165) is 31.4 Å². The molecule has 1 amide bonds. The predicted molar refractivity (Wildman–Crippen MR) is 112 cm³/mol. The number of nitrogens with one attached hydrogen (secondary N) is 1. The molecule has 2 fully saturated rings. The van der Waals surface area contributed by atoms with Crippen LogP contribution in [0.3, 0.4) is 0 Å². The number of nitrogens with zero attached hydrogens (tertiary/aromatic N) is 4. The minimum absolute atomic E-state index is 0.00651. The van der Waals surface area contributed by atoms with Gasteiger partial charge in [0, 0.05) is 49.8 Å². The normalized spacial score (nSPS) is 19.2. The molecule has 0 unspecified atom stereocenters. The summed E-state index contributed by atoms with van der Waals surface area (Å²) in [4.78, 5) is 24.3. The minimum Gasteiger partial charge on any atom is -0.371 e. The van der Waals surface area contributed by atoms with E-state index in [2.05, 4.69) is 15.3 Å². The Kier molecular flexibility index (Phi) is 5.61. The summed E-state index contributed by atoms with van der Waals surface area (Å²) >= 11 is 0. The van der Waals surface area contributed by atoms with Crippen LogP contribution in [0.4, 0.5) is 36.3 Å². The standard InChI is InChI=1S/C20H24F3N7O/c21-20(22,23)12-7-14(9-15(8-12)29-5-2-6-29)27-18-16(17(25)31)10-26-19(28-18)30-4-1-3-13(24)11-30/h7-10,13H,1-6,11,24H2,(H2,25,31)(H,26,27,28)/t13-/m0/s1. The maximum Gasteiger partial charge on any atom is 0.416 e. The van der Waals surface area contributed by atoms with E-state index < -0.39 is 17.6 Å². The second kappa shape index (κ2) is 8.22. The van der Waals surface area contributed by atoms with Gasteiger partial charge >= 0.3 is 6.18 Å². The summed E-state index contributed by atoms with van der Waals surface area (Å²) in [6, 6.07) is 3.71. The Hall–Kier alpha value is -3.08. The lowest BCUT2D eigenvalue weighted by Crippen LogP contribution is -2.43. The van der Waals surface area contributed by atoms with Crippen molar-refractivity contribution in [1.29, 1.82) is 0 Å². The van der Waals surface area contributed by atoms with Crippen molar-refractivity contribution in [2.75, 3.05) is 41.3 Å². The fourth-order valence-electron chi connectivity index (χ4n) is 3.73. The summed E-state index contributed by atoms with van der Waals surface area (Å²) in [5.74, 6) is -0.373. The minimum atomic E-state index is -4.51. The Balaban J connectivity index is 1.70. The van der Waals surface area contributed by atoms with Crippen molar-refractivity contribution in [3.63, 3.8) is 0 Å². The summed E-state index contributed by atoms with van der Waals surface area (Å²) in [6.07, 6.45) is -0.526. The molecular formula is C20H24F3N7O. The van der Waals surface area contributed by atoms with Crippen LogP contribution in [0, 0.1) is 0 Å². The van der Waals surface area contributed by atoms with Crippen molar-refractivity contribution in [2.45, 2.75) is 31.5 Å². The van der Waals surface area contributed by atoms with Crippen molar-refractivity contribution in [2.24, 2.45) is 11.5 Å². The number of aromatic nitrogens is 2. The van der Waals surface area contributed by atoms with Crippen molar-refractivity contribution >= 4 is 29.0 Å². The Morgan fingerprint density at radius 3 is 2.48 bits per heavy atom. The number of benzene rings is 1. The number of carbonyl (C=O) groups excluding carboxylic acids is 1. The first-order valence-corrected chi connectivity index (χ1v) is 10.1. The van der Waals surface area contributed by atoms with Gasteiger partial charge < -0.3 is 26.6 Å². The van der Waals surface area contributed by atoms with Crippen molar-refractivity contribution < 1.29 is 18.0 Å². The Morgan fingerprint density at radius 2 is 1.87 bits per heavy atom. The third-order valence-electron chi connectivity index (χ3n) is 5.51. The van der Waals surface area contributed by atoms with Gasteiger partial charge in [0.15, 0.2) is 0 Å². The zero-order chi connectivity index (χ0) is 22.2. The number of halogens is 3. The summed E-state index contributed by atoms with van der Waals surface area (Å²) in [5.41, 5.74) is 11.3. The molecule has 2 saturated heterocycles. The number of anilines is 4. The van der Waals surface area contributed by atoms with Crippen molar-refractivity contribution in [1.82, 2.24) is 9.97 Å². The van der Waals surface area contributed by atoms with Crippen LogP contribution in [-0.2, 0) is 6.18 Å². The molecule has 0 radical (unpaired) electrons. The van der Waals surface area contributed by atoms with Gasteiger partial charge in [0.1, 0.15) is 11.4 Å². The van der Waals surface area contributed by atoms with Crippen LogP contribution in [0.2, 0.25) is 0 Å². The number of alkyl halides is 3. The first kappa shape index (κ1) is 21.2. The molecule has 0 bridgehead atoms. The maximum absolute atomic E-state index is 13.5. The SMILES string of the molecule is NC(=O)c1cnc(N2CCC[C@H](N)C2)nc1Nc1cc(N2CCC2)cc(C(F)(F)F)c1. The highest BCUT2D eigenvalue weighted by Gasteiger charge is 2.32. The summed E-state index contributed by atoms with van der Waals surface area (Å²) < 4.78 is 40.4. The quantitative estimate of drug-likeness (QED) is 0.661. The van der Waals surface area contributed by atoms with Gasteiger partial charge in [-0.05, 0) is 37.5 Å². The topological polar surface area (TPSA) is 113 Å². The number of rotatable bonds is 5. The lowest BCUT2D eigenvalue weighted by atomic mass is 10.1. The van der Waals surface area contributed by atoms with E-state index in [4.69, 9.17) is 11.5 Å². The Labute approximate surface area is 177 Å². The highest BCUT2D eigenvalue weighted by molar-refractivity contribution is 5.98. The predicted octanol–water partition coefficient (Wildman–Crippen LogP) is 2.48. The average molecular weight is 435 g/mol. The monoisotopic (exact) mass is 435 g/mol. The molecule has 31 heavy (non-hydrogen) atoms. The molecule has 0 aliphatic carbocycles. The second-order valence-corrected chi connectivity index (χ2v) is 7.88. The molecule has 2 aliphatic heterocycles. The summed E-state index contributed by atoms with van der Waals surface area (Å²) in [5, 5.41) is 2.86. The number of hydrogen-bond acceptors (Lipinski definition) is 7. The van der Waals surface area contributed by atoms with Crippen molar-refractivity contribution in [3.8, 4) is 0 Å². The smallest absolute Gasteiger partial charge is 0.371 e. The molecule has 3 heterocycles. The van der Waals surface area contributed by atoms with Gasteiger partial charge in [-0.3, -0.25) is 4.79 Å². The van der Waals surface area contributed by atoms with Gasteiger partial charge in [-0.15, -0.1) is 0 Å². The molecule has 2 aromatic rings. The van der Waals surface area contributed by atoms with E-state index in [0.29, 0.717) is 37.8 Å². The first-order valence-electron chi connectivity index (χ1n) is 10.1. The fraction of sp³-hybridized carbons (Fsp3) is 0.450. The van der Waals surface area contributed by atoms with Crippen LogP contribution >= 0.6 is 0 Å². The molecule has 1 aromatic carbocycles. The number of nitrogens with two attached hydrogens (primary N) is 2. The number of carbonyl (C=O) groups is 1. The molecule has 2 aliphatic rings. The molecular weight excluding hydrogens is 411 g/mol. The van der Waals surface area contributed by atoms with Crippen LogP contribution in [0.25, 0.3) is 0 Å². The van der Waals surface area contributed by atoms with Gasteiger partial charge in [0.25, 0.3) is 5.91 Å². The zero-order valence-corrected chi connectivity index (χ0v) is 16.8. The third kappa shape index (κ3) is 4.66. The lowest BCUT2D eigenvalue weighted by molar-refractivity contribution is -0.137. The Bertz CT molecular complexity index is 978. The molecule has 8 nitrogen and oxygen atoms in total. The van der Waals surface area contributed by atoms with E-state index >= 15 is 0 Å². The van der Waals surface area contributed by atoms with Crippen LogP contribution < -0.4 is 26.6 Å². The van der Waals surface area contributed by atoms with Gasteiger partial charge in [0.2, 0.25) is 5.95 Å². The number of amides is 1. The van der Waals surface area contributed by atoms with Crippen molar-refractivity contribution in [3.05, 3.63) is 35.5 Å². The zero-order valence-electron chi connectivity index (χ0n) is 16.8. The maximum atomic E-state index is 13.5. The molecule has 11 heteroatoms.